The molecule has 4 heteroatoms. The molecule has 2 rings (SSSR count). The second kappa shape index (κ2) is 4.43. The second-order valence-corrected chi connectivity index (χ2v) is 4.16. The van der Waals surface area contributed by atoms with E-state index in [1.807, 2.05) is 17.5 Å². The number of hydrogen-bond acceptors (Lipinski definition) is 3. The zero-order valence-electron chi connectivity index (χ0n) is 7.77. The maximum absolute atomic E-state index is 8.66. The van der Waals surface area contributed by atoms with E-state index in [1.165, 1.54) is 0 Å². The number of nitrogens with zero attached hydrogens (tertiary/aromatic N) is 2. The van der Waals surface area contributed by atoms with Crippen molar-refractivity contribution >= 4 is 22.9 Å². The fourth-order valence-corrected chi connectivity index (χ4v) is 2.12. The summed E-state index contributed by atoms with van der Waals surface area (Å²) in [7, 11) is 0. The highest BCUT2D eigenvalue weighted by Gasteiger charge is 2.03. The Morgan fingerprint density at radius 2 is 2.07 bits per heavy atom. The van der Waals surface area contributed by atoms with E-state index in [1.54, 1.807) is 23.5 Å². The molecule has 0 fully saturated rings. The molecule has 0 spiro atoms. The number of benzene rings is 1. The molecule has 15 heavy (non-hydrogen) atoms. The topological polar surface area (TPSA) is 36.7 Å². The third-order valence-electron chi connectivity index (χ3n) is 1.98. The molecule has 0 amide bonds. The Balaban J connectivity index is 2.33. The van der Waals surface area contributed by atoms with Crippen LogP contribution in [0.1, 0.15) is 10.6 Å². The van der Waals surface area contributed by atoms with E-state index < -0.39 is 0 Å². The lowest BCUT2D eigenvalue weighted by atomic mass is 10.1. The van der Waals surface area contributed by atoms with Gasteiger partial charge in [-0.3, -0.25) is 0 Å². The van der Waals surface area contributed by atoms with Gasteiger partial charge in [0.15, 0.2) is 0 Å². The van der Waals surface area contributed by atoms with Crippen LogP contribution in [-0.4, -0.2) is 4.98 Å². The molecule has 0 aliphatic rings. The number of halogens is 1. The highest BCUT2D eigenvalue weighted by atomic mass is 35.5. The van der Waals surface area contributed by atoms with Gasteiger partial charge in [-0.1, -0.05) is 12.1 Å². The van der Waals surface area contributed by atoms with Crippen LogP contribution in [0, 0.1) is 11.3 Å². The Morgan fingerprint density at radius 3 is 2.60 bits per heavy atom. The van der Waals surface area contributed by atoms with Crippen LogP contribution in [0.4, 0.5) is 0 Å². The number of rotatable bonds is 2. The largest absolute Gasteiger partial charge is 0.240 e. The molecule has 2 aromatic rings. The summed E-state index contributed by atoms with van der Waals surface area (Å²) in [5.74, 6) is 0.445. The minimum atomic E-state index is 0.445. The number of thiazole rings is 1. The molecule has 0 aliphatic carbocycles. The van der Waals surface area contributed by atoms with E-state index in [2.05, 4.69) is 11.1 Å². The van der Waals surface area contributed by atoms with Crippen LogP contribution in [0.2, 0.25) is 0 Å². The normalized spacial score (nSPS) is 9.87. The fraction of sp³-hybridized carbons (Fsp3) is 0.0909. The summed E-state index contributed by atoms with van der Waals surface area (Å²) in [6.45, 7) is 0. The van der Waals surface area contributed by atoms with E-state index in [0.717, 1.165) is 16.3 Å². The number of nitriles is 1. The first kappa shape index (κ1) is 10.2. The van der Waals surface area contributed by atoms with Crippen molar-refractivity contribution in [3.05, 3.63) is 40.2 Å². The summed E-state index contributed by atoms with van der Waals surface area (Å²) < 4.78 is 0. The first-order valence-corrected chi connectivity index (χ1v) is 5.76. The predicted octanol–water partition coefficient (Wildman–Crippen LogP) is 3.42. The molecule has 0 N–H and O–H groups in total. The molecule has 1 heterocycles. The molecule has 0 radical (unpaired) electrons. The van der Waals surface area contributed by atoms with Gasteiger partial charge in [-0.25, -0.2) is 4.98 Å². The lowest BCUT2D eigenvalue weighted by Crippen LogP contribution is -1.80. The van der Waals surface area contributed by atoms with Gasteiger partial charge in [0.05, 0.1) is 23.2 Å². The quantitative estimate of drug-likeness (QED) is 0.747. The Labute approximate surface area is 96.8 Å². The summed E-state index contributed by atoms with van der Waals surface area (Å²) in [4.78, 5) is 4.36. The highest BCUT2D eigenvalue weighted by Crippen LogP contribution is 2.22. The lowest BCUT2D eigenvalue weighted by molar-refractivity contribution is 1.26. The zero-order valence-corrected chi connectivity index (χ0v) is 9.35. The summed E-state index contributed by atoms with van der Waals surface area (Å²) in [6, 6.07) is 9.45. The highest BCUT2D eigenvalue weighted by molar-refractivity contribution is 7.10. The Bertz CT molecular complexity index is 496. The van der Waals surface area contributed by atoms with Gasteiger partial charge in [-0.05, 0) is 12.1 Å². The van der Waals surface area contributed by atoms with Crippen LogP contribution >= 0.6 is 22.9 Å². The molecule has 74 valence electrons. The van der Waals surface area contributed by atoms with E-state index >= 15 is 0 Å². The van der Waals surface area contributed by atoms with Gasteiger partial charge in [0.1, 0.15) is 5.01 Å². The van der Waals surface area contributed by atoms with Crippen LogP contribution in [0.15, 0.2) is 29.6 Å². The predicted molar refractivity (Wildman–Crippen MR) is 61.8 cm³/mol. The standard InChI is InChI=1S/C11H7ClN2S/c12-5-11-14-10(7-15-11)9-3-1-8(6-13)2-4-9/h1-4,7H,5H2. The van der Waals surface area contributed by atoms with E-state index in [0.29, 0.717) is 11.4 Å². The van der Waals surface area contributed by atoms with Gasteiger partial charge < -0.3 is 0 Å². The molecular weight excluding hydrogens is 228 g/mol. The van der Waals surface area contributed by atoms with Crippen LogP contribution in [-0.2, 0) is 5.88 Å². The summed E-state index contributed by atoms with van der Waals surface area (Å²) in [5, 5.41) is 11.5. The Kier molecular flexibility index (Phi) is 3.00. The lowest BCUT2D eigenvalue weighted by Gasteiger charge is -1.95. The van der Waals surface area contributed by atoms with Gasteiger partial charge >= 0.3 is 0 Å². The van der Waals surface area contributed by atoms with Crippen molar-refractivity contribution in [2.75, 3.05) is 0 Å². The number of aromatic nitrogens is 1. The van der Waals surface area contributed by atoms with Crippen molar-refractivity contribution in [1.29, 1.82) is 5.26 Å². The van der Waals surface area contributed by atoms with Crippen LogP contribution in [0.5, 0.6) is 0 Å². The van der Waals surface area contributed by atoms with Crippen molar-refractivity contribution in [3.63, 3.8) is 0 Å². The van der Waals surface area contributed by atoms with Crippen molar-refractivity contribution in [2.45, 2.75) is 5.88 Å². The van der Waals surface area contributed by atoms with Crippen molar-refractivity contribution in [2.24, 2.45) is 0 Å². The molecule has 0 atom stereocenters. The van der Waals surface area contributed by atoms with Gasteiger partial charge in [0, 0.05) is 10.9 Å². The van der Waals surface area contributed by atoms with Crippen molar-refractivity contribution in [1.82, 2.24) is 4.98 Å². The van der Waals surface area contributed by atoms with Crippen LogP contribution in [0.3, 0.4) is 0 Å². The van der Waals surface area contributed by atoms with Gasteiger partial charge in [0.2, 0.25) is 0 Å². The molecule has 2 nitrogen and oxygen atoms in total. The van der Waals surface area contributed by atoms with Crippen molar-refractivity contribution in [3.8, 4) is 17.3 Å². The maximum Gasteiger partial charge on any atom is 0.108 e. The zero-order chi connectivity index (χ0) is 10.7. The molecule has 0 aliphatic heterocycles. The molecular formula is C11H7ClN2S. The number of hydrogen-bond donors (Lipinski definition) is 0. The number of alkyl halides is 1. The molecule has 0 bridgehead atoms. The van der Waals surface area contributed by atoms with Crippen LogP contribution < -0.4 is 0 Å². The van der Waals surface area contributed by atoms with Crippen LogP contribution in [0.25, 0.3) is 11.3 Å². The third-order valence-corrected chi connectivity index (χ3v) is 3.24. The SMILES string of the molecule is N#Cc1ccc(-c2csc(CCl)n2)cc1. The maximum atomic E-state index is 8.66. The van der Waals surface area contributed by atoms with Gasteiger partial charge in [-0.2, -0.15) is 5.26 Å². The minimum absolute atomic E-state index is 0.445. The first-order chi connectivity index (χ1) is 7.33. The summed E-state index contributed by atoms with van der Waals surface area (Å²) in [6.07, 6.45) is 0. The fourth-order valence-electron chi connectivity index (χ4n) is 1.22. The van der Waals surface area contributed by atoms with E-state index in [4.69, 9.17) is 16.9 Å². The molecule has 0 saturated carbocycles. The average Bonchev–Trinajstić information content (AvgIpc) is 2.78. The Morgan fingerprint density at radius 1 is 1.33 bits per heavy atom. The molecule has 1 aromatic carbocycles. The van der Waals surface area contributed by atoms with Gasteiger partial charge in [-0.15, -0.1) is 22.9 Å². The summed E-state index contributed by atoms with van der Waals surface area (Å²) >= 11 is 7.23. The first-order valence-electron chi connectivity index (χ1n) is 4.34. The van der Waals surface area contributed by atoms with Gasteiger partial charge in [0.25, 0.3) is 0 Å². The monoisotopic (exact) mass is 234 g/mol. The third kappa shape index (κ3) is 2.17. The molecule has 0 saturated heterocycles. The second-order valence-electron chi connectivity index (χ2n) is 2.95. The smallest absolute Gasteiger partial charge is 0.108 e. The Hall–Kier alpha value is -1.37. The average molecular weight is 235 g/mol. The van der Waals surface area contributed by atoms with E-state index in [-0.39, 0.29) is 0 Å². The molecule has 1 aromatic heterocycles. The summed E-state index contributed by atoms with van der Waals surface area (Å²) in [5.41, 5.74) is 2.59. The minimum Gasteiger partial charge on any atom is -0.240 e. The van der Waals surface area contributed by atoms with Crippen molar-refractivity contribution < 1.29 is 0 Å². The van der Waals surface area contributed by atoms with E-state index in [9.17, 15) is 0 Å². The molecule has 0 unspecified atom stereocenters.